The number of nitrogens with one attached hydrogen (secondary N) is 1. The largest absolute Gasteiger partial charge is 0.373 e. The van der Waals surface area contributed by atoms with Crippen molar-refractivity contribution in [2.24, 2.45) is 0 Å². The van der Waals surface area contributed by atoms with Gasteiger partial charge in [0.15, 0.2) is 0 Å². The fourth-order valence-corrected chi connectivity index (χ4v) is 2.08. The van der Waals surface area contributed by atoms with Crippen LogP contribution in [0.4, 0.5) is 11.6 Å². The van der Waals surface area contributed by atoms with E-state index in [4.69, 9.17) is 0 Å². The summed E-state index contributed by atoms with van der Waals surface area (Å²) >= 11 is 0. The molecule has 5 heteroatoms. The van der Waals surface area contributed by atoms with Gasteiger partial charge >= 0.3 is 0 Å². The highest BCUT2D eigenvalue weighted by Gasteiger charge is 2.13. The lowest BCUT2D eigenvalue weighted by Crippen LogP contribution is -2.21. The van der Waals surface area contributed by atoms with E-state index in [1.165, 1.54) is 0 Å². The average Bonchev–Trinajstić information content (AvgIpc) is 2.47. The summed E-state index contributed by atoms with van der Waals surface area (Å²) in [4.78, 5) is 15.1. The standard InChI is InChI=1S/C14H19N5/c1-4-12-13(15-2)17-10-18-14(12)19(3)9-11-7-5-6-8-16-11/h5-8,10H,4,9H2,1-3H3,(H,15,17,18). The molecule has 2 aromatic heterocycles. The van der Waals surface area contributed by atoms with Gasteiger partial charge in [-0.3, -0.25) is 4.98 Å². The highest BCUT2D eigenvalue weighted by Crippen LogP contribution is 2.23. The van der Waals surface area contributed by atoms with Crippen LogP contribution in [0.15, 0.2) is 30.7 Å². The van der Waals surface area contributed by atoms with E-state index < -0.39 is 0 Å². The minimum absolute atomic E-state index is 0.730. The number of nitrogens with zero attached hydrogens (tertiary/aromatic N) is 4. The molecule has 0 saturated carbocycles. The molecule has 0 spiro atoms. The van der Waals surface area contributed by atoms with Gasteiger partial charge in [0.2, 0.25) is 0 Å². The molecule has 100 valence electrons. The quantitative estimate of drug-likeness (QED) is 0.889. The van der Waals surface area contributed by atoms with Crippen LogP contribution in [0, 0.1) is 0 Å². The zero-order chi connectivity index (χ0) is 13.7. The molecule has 2 rings (SSSR count). The molecule has 5 nitrogen and oxygen atoms in total. The summed E-state index contributed by atoms with van der Waals surface area (Å²) in [6.07, 6.45) is 4.29. The van der Waals surface area contributed by atoms with Crippen LogP contribution in [0.3, 0.4) is 0 Å². The third-order valence-electron chi connectivity index (χ3n) is 3.00. The predicted octanol–water partition coefficient (Wildman–Crippen LogP) is 2.11. The smallest absolute Gasteiger partial charge is 0.137 e. The van der Waals surface area contributed by atoms with E-state index in [0.717, 1.165) is 35.9 Å². The topological polar surface area (TPSA) is 53.9 Å². The van der Waals surface area contributed by atoms with Gasteiger partial charge in [0.25, 0.3) is 0 Å². The molecule has 19 heavy (non-hydrogen) atoms. The molecule has 0 fully saturated rings. The van der Waals surface area contributed by atoms with Crippen LogP contribution in [-0.2, 0) is 13.0 Å². The van der Waals surface area contributed by atoms with Crippen molar-refractivity contribution in [3.05, 3.63) is 42.0 Å². The molecule has 0 bridgehead atoms. The Morgan fingerprint density at radius 2 is 2.05 bits per heavy atom. The number of pyridine rings is 1. The summed E-state index contributed by atoms with van der Waals surface area (Å²) in [7, 11) is 3.90. The number of aromatic nitrogens is 3. The van der Waals surface area contributed by atoms with E-state index in [1.807, 2.05) is 38.5 Å². The zero-order valence-corrected chi connectivity index (χ0v) is 11.6. The van der Waals surface area contributed by atoms with Crippen LogP contribution >= 0.6 is 0 Å². The second-order valence-corrected chi connectivity index (χ2v) is 4.31. The van der Waals surface area contributed by atoms with Gasteiger partial charge in [-0.05, 0) is 18.6 Å². The van der Waals surface area contributed by atoms with E-state index in [-0.39, 0.29) is 0 Å². The van der Waals surface area contributed by atoms with Crippen LogP contribution in [0.25, 0.3) is 0 Å². The number of hydrogen-bond acceptors (Lipinski definition) is 5. The van der Waals surface area contributed by atoms with Crippen molar-refractivity contribution in [2.75, 3.05) is 24.3 Å². The molecule has 2 heterocycles. The van der Waals surface area contributed by atoms with Gasteiger partial charge < -0.3 is 10.2 Å². The molecule has 0 aliphatic heterocycles. The molecule has 1 N–H and O–H groups in total. The Balaban J connectivity index is 2.26. The number of rotatable bonds is 5. The molecule has 0 aliphatic carbocycles. The first-order valence-corrected chi connectivity index (χ1v) is 6.39. The Hall–Kier alpha value is -2.17. The van der Waals surface area contributed by atoms with Crippen molar-refractivity contribution < 1.29 is 0 Å². The molecule has 2 aromatic rings. The molecular weight excluding hydrogens is 238 g/mol. The monoisotopic (exact) mass is 257 g/mol. The summed E-state index contributed by atoms with van der Waals surface area (Å²) in [5.74, 6) is 1.84. The first kappa shape index (κ1) is 13.3. The highest BCUT2D eigenvalue weighted by molar-refractivity contribution is 5.58. The van der Waals surface area contributed by atoms with Crippen LogP contribution in [-0.4, -0.2) is 29.0 Å². The molecule has 0 aromatic carbocycles. The summed E-state index contributed by atoms with van der Waals surface area (Å²) in [6, 6.07) is 5.93. The maximum absolute atomic E-state index is 4.40. The number of anilines is 2. The Morgan fingerprint density at radius 3 is 2.68 bits per heavy atom. The minimum Gasteiger partial charge on any atom is -0.373 e. The van der Waals surface area contributed by atoms with Gasteiger partial charge in [0.05, 0.1) is 12.2 Å². The van der Waals surface area contributed by atoms with Gasteiger partial charge in [-0.2, -0.15) is 0 Å². The van der Waals surface area contributed by atoms with Crippen molar-refractivity contribution in [1.29, 1.82) is 0 Å². The minimum atomic E-state index is 0.730. The second-order valence-electron chi connectivity index (χ2n) is 4.31. The fourth-order valence-electron chi connectivity index (χ4n) is 2.08. The van der Waals surface area contributed by atoms with E-state index >= 15 is 0 Å². The van der Waals surface area contributed by atoms with Crippen molar-refractivity contribution in [1.82, 2.24) is 15.0 Å². The molecule has 0 saturated heterocycles. The lowest BCUT2D eigenvalue weighted by molar-refractivity contribution is 0.846. The highest BCUT2D eigenvalue weighted by atomic mass is 15.2. The van der Waals surface area contributed by atoms with Gasteiger partial charge in [-0.25, -0.2) is 9.97 Å². The van der Waals surface area contributed by atoms with Gasteiger partial charge in [0.1, 0.15) is 18.0 Å². The normalized spacial score (nSPS) is 10.3. The predicted molar refractivity (Wildman–Crippen MR) is 77.3 cm³/mol. The van der Waals surface area contributed by atoms with Crippen molar-refractivity contribution in [3.8, 4) is 0 Å². The first-order chi connectivity index (χ1) is 9.26. The molecule has 0 atom stereocenters. The maximum atomic E-state index is 4.40. The van der Waals surface area contributed by atoms with E-state index in [0.29, 0.717) is 0 Å². The second kappa shape index (κ2) is 6.13. The molecule has 0 radical (unpaired) electrons. The van der Waals surface area contributed by atoms with Crippen LogP contribution < -0.4 is 10.2 Å². The third-order valence-corrected chi connectivity index (χ3v) is 3.00. The average molecular weight is 257 g/mol. The lowest BCUT2D eigenvalue weighted by atomic mass is 10.2. The summed E-state index contributed by atoms with van der Waals surface area (Å²) in [6.45, 7) is 2.84. The lowest BCUT2D eigenvalue weighted by Gasteiger charge is -2.21. The molecular formula is C14H19N5. The Bertz CT molecular complexity index is 527. The summed E-state index contributed by atoms with van der Waals surface area (Å²) in [5.41, 5.74) is 2.15. The maximum Gasteiger partial charge on any atom is 0.137 e. The van der Waals surface area contributed by atoms with E-state index in [1.54, 1.807) is 6.33 Å². The third kappa shape index (κ3) is 2.99. The summed E-state index contributed by atoms with van der Waals surface area (Å²) in [5, 5.41) is 3.11. The Kier molecular flexibility index (Phi) is 4.28. The van der Waals surface area contributed by atoms with Gasteiger partial charge in [-0.1, -0.05) is 13.0 Å². The molecule has 0 amide bonds. The Labute approximate surface area is 113 Å². The molecule has 0 aliphatic rings. The van der Waals surface area contributed by atoms with Gasteiger partial charge in [-0.15, -0.1) is 0 Å². The Morgan fingerprint density at radius 1 is 1.21 bits per heavy atom. The summed E-state index contributed by atoms with van der Waals surface area (Å²) < 4.78 is 0. The van der Waals surface area contributed by atoms with Crippen LogP contribution in [0.5, 0.6) is 0 Å². The fraction of sp³-hybridized carbons (Fsp3) is 0.357. The van der Waals surface area contributed by atoms with E-state index in [9.17, 15) is 0 Å². The van der Waals surface area contributed by atoms with Crippen molar-refractivity contribution in [3.63, 3.8) is 0 Å². The van der Waals surface area contributed by atoms with E-state index in [2.05, 4.69) is 32.1 Å². The van der Waals surface area contributed by atoms with Crippen LogP contribution in [0.1, 0.15) is 18.2 Å². The van der Waals surface area contributed by atoms with Crippen molar-refractivity contribution >= 4 is 11.6 Å². The zero-order valence-electron chi connectivity index (χ0n) is 11.6. The van der Waals surface area contributed by atoms with Crippen molar-refractivity contribution in [2.45, 2.75) is 19.9 Å². The first-order valence-electron chi connectivity index (χ1n) is 6.39. The SMILES string of the molecule is CCc1c(NC)ncnc1N(C)Cc1ccccn1. The van der Waals surface area contributed by atoms with Gasteiger partial charge in [0, 0.05) is 25.9 Å². The van der Waals surface area contributed by atoms with Crippen LogP contribution in [0.2, 0.25) is 0 Å². The molecule has 0 unspecified atom stereocenters. The number of hydrogen-bond donors (Lipinski definition) is 1.